The third-order valence-electron chi connectivity index (χ3n) is 2.51. The summed E-state index contributed by atoms with van der Waals surface area (Å²) in [5, 5.41) is 0. The third-order valence-corrected chi connectivity index (χ3v) is 2.51. The summed E-state index contributed by atoms with van der Waals surface area (Å²) < 4.78 is 13.4. The molecule has 1 rings (SSSR count). The van der Waals surface area contributed by atoms with Crippen molar-refractivity contribution in [1.29, 1.82) is 0 Å². The van der Waals surface area contributed by atoms with Crippen LogP contribution in [-0.4, -0.2) is 19.5 Å². The maximum Gasteiger partial charge on any atom is 0.227 e. The van der Waals surface area contributed by atoms with Gasteiger partial charge in [-0.3, -0.25) is 4.79 Å². The van der Waals surface area contributed by atoms with Gasteiger partial charge in [-0.25, -0.2) is 4.39 Å². The highest BCUT2D eigenvalue weighted by atomic mass is 19.1. The minimum Gasteiger partial charge on any atom is -0.330 e. The Kier molecular flexibility index (Phi) is 4.43. The first-order chi connectivity index (χ1) is 7.56. The van der Waals surface area contributed by atoms with Crippen LogP contribution in [0.15, 0.2) is 24.3 Å². The predicted octanol–water partition coefficient (Wildman–Crippen LogP) is 1.77. The van der Waals surface area contributed by atoms with Gasteiger partial charge in [0.25, 0.3) is 0 Å². The van der Waals surface area contributed by atoms with Crippen molar-refractivity contribution in [3.8, 4) is 0 Å². The number of para-hydroxylation sites is 1. The number of nitrogens with two attached hydrogens (primary N) is 1. The molecule has 0 fully saturated rings. The molecule has 0 bridgehead atoms. The lowest BCUT2D eigenvalue weighted by Gasteiger charge is -2.19. The van der Waals surface area contributed by atoms with E-state index in [0.29, 0.717) is 18.7 Å². The van der Waals surface area contributed by atoms with Crippen LogP contribution in [0.25, 0.3) is 0 Å². The molecule has 1 aromatic rings. The second-order valence-corrected chi connectivity index (χ2v) is 3.95. The van der Waals surface area contributed by atoms with Gasteiger partial charge in [0.1, 0.15) is 5.82 Å². The summed E-state index contributed by atoms with van der Waals surface area (Å²) in [6.07, 6.45) is 0.335. The fourth-order valence-electron chi connectivity index (χ4n) is 1.38. The van der Waals surface area contributed by atoms with Gasteiger partial charge in [0.15, 0.2) is 0 Å². The number of benzene rings is 1. The van der Waals surface area contributed by atoms with Crippen LogP contribution in [0.1, 0.15) is 13.3 Å². The fourth-order valence-corrected chi connectivity index (χ4v) is 1.38. The summed E-state index contributed by atoms with van der Waals surface area (Å²) in [7, 11) is 1.57. The highest BCUT2D eigenvalue weighted by molar-refractivity contribution is 5.93. The lowest BCUT2D eigenvalue weighted by Crippen LogP contribution is -2.30. The highest BCUT2D eigenvalue weighted by Gasteiger charge is 2.16. The Bertz CT molecular complexity index is 368. The van der Waals surface area contributed by atoms with E-state index in [-0.39, 0.29) is 11.8 Å². The quantitative estimate of drug-likeness (QED) is 0.847. The zero-order chi connectivity index (χ0) is 12.1. The molecule has 1 atom stereocenters. The Hall–Kier alpha value is -1.42. The van der Waals surface area contributed by atoms with Crippen LogP contribution < -0.4 is 10.6 Å². The minimum atomic E-state index is -0.390. The van der Waals surface area contributed by atoms with Crippen molar-refractivity contribution in [2.75, 3.05) is 18.5 Å². The van der Waals surface area contributed by atoms with E-state index >= 15 is 0 Å². The van der Waals surface area contributed by atoms with E-state index in [9.17, 15) is 9.18 Å². The summed E-state index contributed by atoms with van der Waals surface area (Å²) in [4.78, 5) is 13.1. The van der Waals surface area contributed by atoms with Crippen LogP contribution in [-0.2, 0) is 4.79 Å². The molecule has 0 aliphatic carbocycles. The maximum atomic E-state index is 13.4. The molecule has 0 heterocycles. The average molecular weight is 224 g/mol. The second kappa shape index (κ2) is 5.61. The zero-order valence-corrected chi connectivity index (χ0v) is 9.61. The summed E-state index contributed by atoms with van der Waals surface area (Å²) in [5.41, 5.74) is 5.75. The number of amides is 1. The van der Waals surface area contributed by atoms with Crippen molar-refractivity contribution < 1.29 is 9.18 Å². The third kappa shape index (κ3) is 3.03. The molecule has 0 saturated carbocycles. The highest BCUT2D eigenvalue weighted by Crippen LogP contribution is 2.18. The number of anilines is 1. The van der Waals surface area contributed by atoms with Gasteiger partial charge in [-0.1, -0.05) is 19.1 Å². The van der Waals surface area contributed by atoms with Crippen molar-refractivity contribution in [2.45, 2.75) is 13.3 Å². The monoisotopic (exact) mass is 224 g/mol. The van der Waals surface area contributed by atoms with Gasteiger partial charge >= 0.3 is 0 Å². The first-order valence-corrected chi connectivity index (χ1v) is 5.27. The molecule has 1 unspecified atom stereocenters. The maximum absolute atomic E-state index is 13.4. The first-order valence-electron chi connectivity index (χ1n) is 5.27. The van der Waals surface area contributed by atoms with Crippen LogP contribution >= 0.6 is 0 Å². The van der Waals surface area contributed by atoms with E-state index in [0.717, 1.165) is 0 Å². The zero-order valence-electron chi connectivity index (χ0n) is 9.61. The molecular formula is C12H17FN2O. The second-order valence-electron chi connectivity index (χ2n) is 3.95. The van der Waals surface area contributed by atoms with E-state index < -0.39 is 5.82 Å². The normalized spacial score (nSPS) is 12.2. The van der Waals surface area contributed by atoms with E-state index in [1.54, 1.807) is 25.2 Å². The van der Waals surface area contributed by atoms with Gasteiger partial charge in [-0.05, 0) is 24.6 Å². The van der Waals surface area contributed by atoms with Crippen LogP contribution in [0, 0.1) is 11.7 Å². The van der Waals surface area contributed by atoms with Gasteiger partial charge < -0.3 is 10.6 Å². The average Bonchev–Trinajstić information content (AvgIpc) is 2.28. The van der Waals surface area contributed by atoms with Crippen LogP contribution in [0.3, 0.4) is 0 Å². The van der Waals surface area contributed by atoms with Crippen molar-refractivity contribution in [3.05, 3.63) is 30.1 Å². The molecule has 16 heavy (non-hydrogen) atoms. The Morgan fingerprint density at radius 3 is 2.69 bits per heavy atom. The molecule has 0 radical (unpaired) electrons. The summed E-state index contributed by atoms with van der Waals surface area (Å²) in [6, 6.07) is 6.22. The van der Waals surface area contributed by atoms with E-state index in [2.05, 4.69) is 0 Å². The number of nitrogens with zero attached hydrogens (tertiary/aromatic N) is 1. The predicted molar refractivity (Wildman–Crippen MR) is 62.6 cm³/mol. The lowest BCUT2D eigenvalue weighted by atomic mass is 10.1. The molecule has 1 amide bonds. The molecule has 2 N–H and O–H groups in total. The van der Waals surface area contributed by atoms with Gasteiger partial charge in [0.2, 0.25) is 5.91 Å². The lowest BCUT2D eigenvalue weighted by molar-refractivity contribution is -0.119. The summed E-state index contributed by atoms with van der Waals surface area (Å²) in [5.74, 6) is -0.400. The molecule has 0 aliphatic rings. The van der Waals surface area contributed by atoms with Crippen LogP contribution in [0.5, 0.6) is 0 Å². The number of rotatable bonds is 4. The van der Waals surface area contributed by atoms with Crippen molar-refractivity contribution in [1.82, 2.24) is 0 Å². The van der Waals surface area contributed by atoms with Gasteiger partial charge in [-0.2, -0.15) is 0 Å². The van der Waals surface area contributed by atoms with E-state index in [1.165, 1.54) is 11.0 Å². The van der Waals surface area contributed by atoms with Crippen LogP contribution in [0.2, 0.25) is 0 Å². The van der Waals surface area contributed by atoms with Gasteiger partial charge in [0, 0.05) is 13.5 Å². The number of halogens is 1. The minimum absolute atomic E-state index is 0.113. The largest absolute Gasteiger partial charge is 0.330 e. The number of hydrogen-bond donors (Lipinski definition) is 1. The molecule has 1 aromatic carbocycles. The van der Waals surface area contributed by atoms with Crippen molar-refractivity contribution in [3.63, 3.8) is 0 Å². The number of hydrogen-bond acceptors (Lipinski definition) is 2. The van der Waals surface area contributed by atoms with Gasteiger partial charge in [0.05, 0.1) is 5.69 Å². The molecule has 4 heteroatoms. The summed E-state index contributed by atoms with van der Waals surface area (Å²) in [6.45, 7) is 2.35. The smallest absolute Gasteiger partial charge is 0.227 e. The van der Waals surface area contributed by atoms with E-state index in [4.69, 9.17) is 5.73 Å². The Balaban J connectivity index is 2.75. The molecule has 0 spiro atoms. The first kappa shape index (κ1) is 12.6. The molecular weight excluding hydrogens is 207 g/mol. The summed E-state index contributed by atoms with van der Waals surface area (Å²) >= 11 is 0. The van der Waals surface area contributed by atoms with Gasteiger partial charge in [-0.15, -0.1) is 0 Å². The molecule has 0 saturated heterocycles. The Morgan fingerprint density at radius 1 is 1.50 bits per heavy atom. The standard InChI is InChI=1S/C12H17FN2O/c1-9(8-14)7-12(16)15(2)11-6-4-3-5-10(11)13/h3-6,9H,7-8,14H2,1-2H3. The number of carbonyl (C=O) groups is 1. The van der Waals surface area contributed by atoms with Crippen molar-refractivity contribution >= 4 is 11.6 Å². The molecule has 88 valence electrons. The Morgan fingerprint density at radius 2 is 2.12 bits per heavy atom. The van der Waals surface area contributed by atoms with Crippen molar-refractivity contribution in [2.24, 2.45) is 11.7 Å². The van der Waals surface area contributed by atoms with E-state index in [1.807, 2.05) is 6.92 Å². The topological polar surface area (TPSA) is 46.3 Å². The SMILES string of the molecule is CC(CN)CC(=O)N(C)c1ccccc1F. The molecule has 0 aliphatic heterocycles. The fraction of sp³-hybridized carbons (Fsp3) is 0.417. The number of carbonyl (C=O) groups excluding carboxylic acids is 1. The Labute approximate surface area is 95.0 Å². The van der Waals surface area contributed by atoms with Crippen LogP contribution in [0.4, 0.5) is 10.1 Å². The molecule has 3 nitrogen and oxygen atoms in total. The molecule has 0 aromatic heterocycles.